The number of aryl methyl sites for hydroxylation is 2. The minimum Gasteiger partial charge on any atom is -0.368 e. The van der Waals surface area contributed by atoms with E-state index >= 15 is 0 Å². The van der Waals surface area contributed by atoms with Crippen molar-refractivity contribution in [3.05, 3.63) is 71.4 Å². The molecule has 1 fully saturated rings. The molecule has 1 aliphatic heterocycles. The largest absolute Gasteiger partial charge is 0.368 e. The van der Waals surface area contributed by atoms with Gasteiger partial charge in [-0.15, -0.1) is 0 Å². The van der Waals surface area contributed by atoms with E-state index in [4.69, 9.17) is 0 Å². The fourth-order valence-corrected chi connectivity index (χ4v) is 3.65. The highest BCUT2D eigenvalue weighted by Gasteiger charge is 2.24. The third-order valence-corrected chi connectivity index (χ3v) is 5.01. The lowest BCUT2D eigenvalue weighted by Gasteiger charge is -2.36. The molecule has 0 aliphatic carbocycles. The lowest BCUT2D eigenvalue weighted by atomic mass is 10.1. The van der Waals surface area contributed by atoms with Gasteiger partial charge in [0, 0.05) is 42.9 Å². The van der Waals surface area contributed by atoms with Crippen LogP contribution < -0.4 is 4.90 Å². The van der Waals surface area contributed by atoms with Crippen molar-refractivity contribution in [1.82, 2.24) is 9.88 Å². The summed E-state index contributed by atoms with van der Waals surface area (Å²) in [6.45, 7) is 7.25. The highest BCUT2D eigenvalue weighted by atomic mass is 16.2. The molecule has 132 valence electrons. The number of aromatic nitrogens is 1. The molecule has 0 unspecified atom stereocenters. The first kappa shape index (κ1) is 16.6. The number of para-hydroxylation sites is 1. The normalized spacial score (nSPS) is 14.7. The molecule has 4 heteroatoms. The Bertz CT molecular complexity index is 959. The van der Waals surface area contributed by atoms with Crippen molar-refractivity contribution in [2.24, 2.45) is 0 Å². The molecule has 2 aromatic carbocycles. The van der Waals surface area contributed by atoms with Gasteiger partial charge in [-0.05, 0) is 43.7 Å². The molecule has 0 saturated carbocycles. The number of anilines is 1. The zero-order chi connectivity index (χ0) is 18.1. The molecule has 26 heavy (non-hydrogen) atoms. The number of amides is 1. The molecule has 4 rings (SSSR count). The molecule has 3 aromatic rings. The molecule has 0 atom stereocenters. The Morgan fingerprint density at radius 3 is 2.46 bits per heavy atom. The smallest absolute Gasteiger partial charge is 0.254 e. The molecule has 2 heterocycles. The van der Waals surface area contributed by atoms with E-state index < -0.39 is 0 Å². The second-order valence-electron chi connectivity index (χ2n) is 6.95. The van der Waals surface area contributed by atoms with Gasteiger partial charge in [0.25, 0.3) is 5.91 Å². The van der Waals surface area contributed by atoms with E-state index in [2.05, 4.69) is 41.1 Å². The molecule has 0 N–H and O–H groups in total. The summed E-state index contributed by atoms with van der Waals surface area (Å²) < 4.78 is 0. The zero-order valence-electron chi connectivity index (χ0n) is 15.3. The average Bonchev–Trinajstić information content (AvgIpc) is 2.67. The van der Waals surface area contributed by atoms with Gasteiger partial charge in [0.1, 0.15) is 0 Å². The van der Waals surface area contributed by atoms with Crippen molar-refractivity contribution in [1.29, 1.82) is 0 Å². The van der Waals surface area contributed by atoms with Gasteiger partial charge in [-0.1, -0.05) is 30.3 Å². The number of rotatable bonds is 2. The first-order valence-electron chi connectivity index (χ1n) is 9.09. The summed E-state index contributed by atoms with van der Waals surface area (Å²) in [6.07, 6.45) is 0. The predicted molar refractivity (Wildman–Crippen MR) is 106 cm³/mol. The Balaban J connectivity index is 1.54. The van der Waals surface area contributed by atoms with Crippen LogP contribution in [-0.2, 0) is 0 Å². The van der Waals surface area contributed by atoms with Crippen LogP contribution in [0.4, 0.5) is 5.69 Å². The van der Waals surface area contributed by atoms with E-state index in [1.54, 1.807) is 0 Å². The van der Waals surface area contributed by atoms with E-state index in [1.165, 1.54) is 11.3 Å². The monoisotopic (exact) mass is 345 g/mol. The van der Waals surface area contributed by atoms with Crippen LogP contribution in [0.1, 0.15) is 21.6 Å². The Hall–Kier alpha value is -2.88. The van der Waals surface area contributed by atoms with Crippen LogP contribution in [0.25, 0.3) is 10.9 Å². The summed E-state index contributed by atoms with van der Waals surface area (Å²) in [4.78, 5) is 22.0. The Morgan fingerprint density at radius 2 is 1.69 bits per heavy atom. The second-order valence-corrected chi connectivity index (χ2v) is 6.95. The van der Waals surface area contributed by atoms with E-state index in [0.717, 1.165) is 48.3 Å². The highest BCUT2D eigenvalue weighted by molar-refractivity contribution is 6.06. The van der Waals surface area contributed by atoms with Gasteiger partial charge in [-0.2, -0.15) is 0 Å². The number of carbonyl (C=O) groups excluding carboxylic acids is 1. The van der Waals surface area contributed by atoms with Crippen molar-refractivity contribution < 1.29 is 4.79 Å². The quantitative estimate of drug-likeness (QED) is 0.708. The zero-order valence-corrected chi connectivity index (χ0v) is 15.3. The number of hydrogen-bond acceptors (Lipinski definition) is 3. The molecule has 4 nitrogen and oxygen atoms in total. The van der Waals surface area contributed by atoms with Crippen molar-refractivity contribution >= 4 is 22.5 Å². The van der Waals surface area contributed by atoms with E-state index in [9.17, 15) is 4.79 Å². The maximum atomic E-state index is 13.1. The van der Waals surface area contributed by atoms with Crippen molar-refractivity contribution in [2.45, 2.75) is 13.8 Å². The molecule has 1 aliphatic rings. The lowest BCUT2D eigenvalue weighted by Crippen LogP contribution is -2.48. The standard InChI is InChI=1S/C22H23N3O/c1-16-6-5-7-18(14-16)24-10-12-25(13-11-24)22(26)20-15-17(2)23-21-9-4-3-8-19(20)21/h3-9,14-15H,10-13H2,1-2H3. The summed E-state index contributed by atoms with van der Waals surface area (Å²) in [5.74, 6) is 0.107. The van der Waals surface area contributed by atoms with Crippen molar-refractivity contribution in [3.8, 4) is 0 Å². The second kappa shape index (κ2) is 6.79. The van der Waals surface area contributed by atoms with Crippen LogP contribution >= 0.6 is 0 Å². The third kappa shape index (κ3) is 3.15. The number of benzene rings is 2. The predicted octanol–water partition coefficient (Wildman–Crippen LogP) is 3.81. The Morgan fingerprint density at radius 1 is 0.923 bits per heavy atom. The number of nitrogens with zero attached hydrogens (tertiary/aromatic N) is 3. The summed E-state index contributed by atoms with van der Waals surface area (Å²) in [7, 11) is 0. The molecular weight excluding hydrogens is 322 g/mol. The lowest BCUT2D eigenvalue weighted by molar-refractivity contribution is 0.0748. The van der Waals surface area contributed by atoms with Gasteiger partial charge in [0.15, 0.2) is 0 Å². The van der Waals surface area contributed by atoms with Crippen molar-refractivity contribution in [3.63, 3.8) is 0 Å². The van der Waals surface area contributed by atoms with E-state index in [0.29, 0.717) is 0 Å². The van der Waals surface area contributed by atoms with E-state index in [1.807, 2.05) is 42.2 Å². The van der Waals surface area contributed by atoms with Gasteiger partial charge in [0.05, 0.1) is 11.1 Å². The molecule has 0 bridgehead atoms. The third-order valence-electron chi connectivity index (χ3n) is 5.01. The van der Waals surface area contributed by atoms with Gasteiger partial charge in [-0.25, -0.2) is 0 Å². The van der Waals surface area contributed by atoms with Gasteiger partial charge < -0.3 is 9.80 Å². The van der Waals surface area contributed by atoms with E-state index in [-0.39, 0.29) is 5.91 Å². The SMILES string of the molecule is Cc1cccc(N2CCN(C(=O)c3cc(C)nc4ccccc34)CC2)c1. The van der Waals surface area contributed by atoms with Crippen LogP contribution in [-0.4, -0.2) is 42.0 Å². The Kier molecular flexibility index (Phi) is 4.33. The van der Waals surface area contributed by atoms with Crippen LogP contribution in [0.2, 0.25) is 0 Å². The van der Waals surface area contributed by atoms with Crippen LogP contribution in [0.5, 0.6) is 0 Å². The average molecular weight is 345 g/mol. The van der Waals surface area contributed by atoms with Gasteiger partial charge in [0.2, 0.25) is 0 Å². The molecule has 1 saturated heterocycles. The molecule has 1 aromatic heterocycles. The minimum atomic E-state index is 0.107. The number of hydrogen-bond donors (Lipinski definition) is 0. The maximum Gasteiger partial charge on any atom is 0.254 e. The molecule has 0 radical (unpaired) electrons. The Labute approximate surface area is 154 Å². The summed E-state index contributed by atoms with van der Waals surface area (Å²) in [6, 6.07) is 18.3. The number of carbonyl (C=O) groups is 1. The van der Waals surface area contributed by atoms with Crippen LogP contribution in [0.15, 0.2) is 54.6 Å². The van der Waals surface area contributed by atoms with Gasteiger partial charge in [-0.3, -0.25) is 9.78 Å². The topological polar surface area (TPSA) is 36.4 Å². The number of piperazine rings is 1. The minimum absolute atomic E-state index is 0.107. The highest BCUT2D eigenvalue weighted by Crippen LogP contribution is 2.22. The number of pyridine rings is 1. The molecule has 1 amide bonds. The number of fused-ring (bicyclic) bond motifs is 1. The fraction of sp³-hybridized carbons (Fsp3) is 0.273. The van der Waals surface area contributed by atoms with Crippen molar-refractivity contribution in [2.75, 3.05) is 31.1 Å². The maximum absolute atomic E-state index is 13.1. The summed E-state index contributed by atoms with van der Waals surface area (Å²) in [5.41, 5.74) is 5.03. The first-order valence-corrected chi connectivity index (χ1v) is 9.09. The summed E-state index contributed by atoms with van der Waals surface area (Å²) >= 11 is 0. The van der Waals surface area contributed by atoms with Crippen LogP contribution in [0.3, 0.4) is 0 Å². The molecule has 0 spiro atoms. The fourth-order valence-electron chi connectivity index (χ4n) is 3.65. The first-order chi connectivity index (χ1) is 12.6. The van der Waals surface area contributed by atoms with Gasteiger partial charge >= 0.3 is 0 Å². The van der Waals surface area contributed by atoms with Crippen LogP contribution in [0, 0.1) is 13.8 Å². The molecular formula is C22H23N3O. The summed E-state index contributed by atoms with van der Waals surface area (Å²) in [5, 5.41) is 0.934.